The molecule has 3 rings (SSSR count). The fourth-order valence-corrected chi connectivity index (χ4v) is 3.87. The summed E-state index contributed by atoms with van der Waals surface area (Å²) >= 11 is 0. The number of hydrogen-bond donors (Lipinski definition) is 0. The molecule has 6 nitrogen and oxygen atoms in total. The number of carbonyl (C=O) groups is 2. The number of ether oxygens (including phenoxy) is 1. The van der Waals surface area contributed by atoms with Crippen molar-refractivity contribution in [3.8, 4) is 0 Å². The quantitative estimate of drug-likeness (QED) is 0.289. The number of rotatable bonds is 14. The summed E-state index contributed by atoms with van der Waals surface area (Å²) in [4.78, 5) is 29.8. The smallest absolute Gasteiger partial charge is 0.320 e. The van der Waals surface area contributed by atoms with Crippen LogP contribution in [0.4, 0.5) is 0 Å². The Morgan fingerprint density at radius 1 is 0.861 bits per heavy atom. The molecule has 0 fully saturated rings. The normalized spacial score (nSPS) is 11.1. The van der Waals surface area contributed by atoms with Crippen LogP contribution in [0.1, 0.15) is 42.9 Å². The van der Waals surface area contributed by atoms with Crippen LogP contribution in [0.25, 0.3) is 0 Å². The van der Waals surface area contributed by atoms with Gasteiger partial charge in [0.2, 0.25) is 5.91 Å². The molecule has 0 aliphatic heterocycles. The highest BCUT2D eigenvalue weighted by Gasteiger charge is 2.21. The Bertz CT molecular complexity index is 1060. The van der Waals surface area contributed by atoms with Crippen LogP contribution in [0.15, 0.2) is 77.2 Å². The van der Waals surface area contributed by atoms with Crippen molar-refractivity contribution >= 4 is 11.9 Å². The summed E-state index contributed by atoms with van der Waals surface area (Å²) in [5.74, 6) is 1.68. The Balaban J connectivity index is 1.64. The fourth-order valence-electron chi connectivity index (χ4n) is 3.87. The van der Waals surface area contributed by atoms with Crippen LogP contribution < -0.4 is 0 Å². The Hall–Kier alpha value is -3.38. The molecule has 3 aromatic rings. The van der Waals surface area contributed by atoms with Gasteiger partial charge in [0.05, 0.1) is 19.6 Å². The molecule has 36 heavy (non-hydrogen) atoms. The summed E-state index contributed by atoms with van der Waals surface area (Å²) in [6.45, 7) is 8.25. The van der Waals surface area contributed by atoms with E-state index >= 15 is 0 Å². The lowest BCUT2D eigenvalue weighted by Gasteiger charge is -2.27. The molecular formula is C30H38N2O4. The average Bonchev–Trinajstić information content (AvgIpc) is 3.29. The largest absolute Gasteiger partial charge is 0.464 e. The minimum Gasteiger partial charge on any atom is -0.464 e. The molecule has 6 heteroatoms. The lowest BCUT2D eigenvalue weighted by molar-refractivity contribution is -0.147. The van der Waals surface area contributed by atoms with Crippen molar-refractivity contribution in [2.24, 2.45) is 5.92 Å². The van der Waals surface area contributed by atoms with Gasteiger partial charge >= 0.3 is 5.97 Å². The van der Waals surface area contributed by atoms with E-state index in [0.717, 1.165) is 29.9 Å². The summed E-state index contributed by atoms with van der Waals surface area (Å²) in [5, 5.41) is 0. The standard InChI is InChI=1S/C30H38N2O4/c1-24(2)16-18-31(22-30(34)35-23-27-12-8-5-9-13-27)21-29(33)32(20-28-15-14-25(3)36-28)19-17-26-10-6-4-7-11-26/h4-15,24H,16-23H2,1-3H3. The molecule has 0 radical (unpaired) electrons. The van der Waals surface area contributed by atoms with E-state index in [-0.39, 0.29) is 31.6 Å². The first-order valence-corrected chi connectivity index (χ1v) is 12.7. The van der Waals surface area contributed by atoms with E-state index in [1.165, 1.54) is 5.56 Å². The lowest BCUT2D eigenvalue weighted by Crippen LogP contribution is -2.43. The van der Waals surface area contributed by atoms with Gasteiger partial charge in [0.25, 0.3) is 0 Å². The Morgan fingerprint density at radius 2 is 1.53 bits per heavy atom. The Kier molecular flexibility index (Phi) is 10.8. The van der Waals surface area contributed by atoms with Crippen LogP contribution in [0.5, 0.6) is 0 Å². The highest BCUT2D eigenvalue weighted by Crippen LogP contribution is 2.13. The maximum atomic E-state index is 13.5. The van der Waals surface area contributed by atoms with E-state index in [1.54, 1.807) is 0 Å². The minimum atomic E-state index is -0.326. The zero-order chi connectivity index (χ0) is 25.8. The van der Waals surface area contributed by atoms with Crippen molar-refractivity contribution < 1.29 is 18.7 Å². The second-order valence-electron chi connectivity index (χ2n) is 9.60. The molecule has 0 aliphatic carbocycles. The second-order valence-corrected chi connectivity index (χ2v) is 9.60. The third-order valence-corrected chi connectivity index (χ3v) is 5.99. The topological polar surface area (TPSA) is 63.0 Å². The highest BCUT2D eigenvalue weighted by molar-refractivity contribution is 5.79. The number of hydrogen-bond acceptors (Lipinski definition) is 5. The maximum absolute atomic E-state index is 13.5. The molecule has 0 N–H and O–H groups in total. The van der Waals surface area contributed by atoms with Crippen molar-refractivity contribution in [2.75, 3.05) is 26.2 Å². The zero-order valence-electron chi connectivity index (χ0n) is 21.7. The predicted octanol–water partition coefficient (Wildman–Crippen LogP) is 5.25. The predicted molar refractivity (Wildman–Crippen MR) is 141 cm³/mol. The average molecular weight is 491 g/mol. The molecule has 1 aromatic heterocycles. The molecule has 0 atom stereocenters. The van der Waals surface area contributed by atoms with Crippen LogP contribution in [0.2, 0.25) is 0 Å². The Labute approximate surface area is 214 Å². The summed E-state index contributed by atoms with van der Waals surface area (Å²) in [7, 11) is 0. The van der Waals surface area contributed by atoms with Gasteiger partial charge < -0.3 is 14.1 Å². The lowest BCUT2D eigenvalue weighted by atomic mass is 10.1. The first kappa shape index (κ1) is 27.2. The number of carbonyl (C=O) groups excluding carboxylic acids is 2. The molecule has 0 bridgehead atoms. The van der Waals surface area contributed by atoms with Gasteiger partial charge in [0, 0.05) is 6.54 Å². The number of furan rings is 1. The molecule has 192 valence electrons. The third kappa shape index (κ3) is 9.70. The minimum absolute atomic E-state index is 0.0281. The van der Waals surface area contributed by atoms with E-state index in [2.05, 4.69) is 26.0 Å². The van der Waals surface area contributed by atoms with Gasteiger partial charge in [0.15, 0.2) is 0 Å². The fraction of sp³-hybridized carbons (Fsp3) is 0.400. The van der Waals surface area contributed by atoms with Crippen molar-refractivity contribution in [1.82, 2.24) is 9.80 Å². The zero-order valence-corrected chi connectivity index (χ0v) is 21.7. The second kappa shape index (κ2) is 14.2. The van der Waals surface area contributed by atoms with Gasteiger partial charge in [-0.05, 0) is 55.5 Å². The number of amides is 1. The molecule has 0 unspecified atom stereocenters. The molecule has 0 spiro atoms. The van der Waals surface area contributed by atoms with Crippen LogP contribution in [0.3, 0.4) is 0 Å². The van der Waals surface area contributed by atoms with Crippen molar-refractivity contribution in [3.05, 3.63) is 95.4 Å². The molecule has 0 aliphatic rings. The number of aryl methyl sites for hydroxylation is 1. The van der Waals surface area contributed by atoms with Gasteiger partial charge in [-0.15, -0.1) is 0 Å². The highest BCUT2D eigenvalue weighted by atomic mass is 16.5. The number of benzene rings is 2. The summed E-state index contributed by atoms with van der Waals surface area (Å²) in [5.41, 5.74) is 2.11. The number of nitrogens with zero attached hydrogens (tertiary/aromatic N) is 2. The van der Waals surface area contributed by atoms with Crippen molar-refractivity contribution in [1.29, 1.82) is 0 Å². The van der Waals surface area contributed by atoms with E-state index in [9.17, 15) is 9.59 Å². The third-order valence-electron chi connectivity index (χ3n) is 5.99. The van der Waals surface area contributed by atoms with Crippen molar-refractivity contribution in [3.63, 3.8) is 0 Å². The van der Waals surface area contributed by atoms with Gasteiger partial charge in [-0.2, -0.15) is 0 Å². The summed E-state index contributed by atoms with van der Waals surface area (Å²) in [6.07, 6.45) is 1.64. The van der Waals surface area contributed by atoms with Crippen LogP contribution in [-0.4, -0.2) is 47.9 Å². The monoisotopic (exact) mass is 490 g/mol. The van der Waals surface area contributed by atoms with E-state index in [1.807, 2.05) is 77.4 Å². The Morgan fingerprint density at radius 3 is 2.14 bits per heavy atom. The maximum Gasteiger partial charge on any atom is 0.320 e. The van der Waals surface area contributed by atoms with Crippen molar-refractivity contribution in [2.45, 2.75) is 46.8 Å². The molecule has 2 aromatic carbocycles. The van der Waals surface area contributed by atoms with Gasteiger partial charge in [-0.25, -0.2) is 0 Å². The number of esters is 1. The molecule has 0 saturated carbocycles. The summed E-state index contributed by atoms with van der Waals surface area (Å²) < 4.78 is 11.2. The van der Waals surface area contributed by atoms with Crippen LogP contribution in [-0.2, 0) is 33.9 Å². The van der Waals surface area contributed by atoms with Crippen LogP contribution >= 0.6 is 0 Å². The van der Waals surface area contributed by atoms with E-state index < -0.39 is 0 Å². The van der Waals surface area contributed by atoms with Gasteiger partial charge in [0.1, 0.15) is 18.1 Å². The van der Waals surface area contributed by atoms with Gasteiger partial charge in [-0.1, -0.05) is 74.5 Å². The molecule has 1 heterocycles. The molecular weight excluding hydrogens is 452 g/mol. The van der Waals surface area contributed by atoms with Gasteiger partial charge in [-0.3, -0.25) is 14.5 Å². The SMILES string of the molecule is Cc1ccc(CN(CCc2ccccc2)C(=O)CN(CCC(C)C)CC(=O)OCc2ccccc2)o1. The van der Waals surface area contributed by atoms with Crippen LogP contribution in [0, 0.1) is 12.8 Å². The first-order valence-electron chi connectivity index (χ1n) is 12.7. The first-order chi connectivity index (χ1) is 17.4. The van der Waals surface area contributed by atoms with E-state index in [0.29, 0.717) is 25.6 Å². The summed E-state index contributed by atoms with van der Waals surface area (Å²) in [6, 6.07) is 23.6. The van der Waals surface area contributed by atoms with E-state index in [4.69, 9.17) is 9.15 Å². The molecule has 1 amide bonds. The molecule has 0 saturated heterocycles.